The Labute approximate surface area is 141 Å². The molecule has 1 N–H and O–H groups in total. The average molecular weight is 374 g/mol. The van der Waals surface area contributed by atoms with Gasteiger partial charge in [0.05, 0.1) is 12.0 Å². The van der Waals surface area contributed by atoms with Crippen molar-refractivity contribution >= 4 is 34.2 Å². The Bertz CT molecular complexity index is 491. The molecule has 1 aromatic carbocycles. The predicted octanol–water partition coefficient (Wildman–Crippen LogP) is 3.53. The van der Waals surface area contributed by atoms with Crippen molar-refractivity contribution in [2.24, 2.45) is 5.92 Å². The van der Waals surface area contributed by atoms with E-state index in [0.717, 1.165) is 49.8 Å². The number of likely N-dealkylation sites (tertiary alicyclic amines) is 1. The summed E-state index contributed by atoms with van der Waals surface area (Å²) in [6.45, 7) is 2.81. The minimum Gasteiger partial charge on any atom is -0.335 e. The molecule has 3 rings (SSSR count). The van der Waals surface area contributed by atoms with Gasteiger partial charge in [0, 0.05) is 17.6 Å². The molecule has 0 saturated carbocycles. The fourth-order valence-electron chi connectivity index (χ4n) is 3.39. The van der Waals surface area contributed by atoms with Gasteiger partial charge in [-0.3, -0.25) is 4.79 Å². The summed E-state index contributed by atoms with van der Waals surface area (Å²) in [4.78, 5) is 14.9. The Morgan fingerprint density at radius 1 is 1.29 bits per heavy atom. The lowest BCUT2D eigenvalue weighted by atomic mass is 9.96. The monoisotopic (exact) mass is 372 g/mol. The molecular weight excluding hydrogens is 352 g/mol. The van der Waals surface area contributed by atoms with E-state index in [2.05, 4.69) is 44.3 Å². The number of benzene rings is 1. The van der Waals surface area contributed by atoms with Crippen molar-refractivity contribution in [3.8, 4) is 0 Å². The van der Waals surface area contributed by atoms with Crippen LogP contribution in [-0.2, 0) is 4.79 Å². The van der Waals surface area contributed by atoms with E-state index in [-0.39, 0.29) is 24.4 Å². The zero-order chi connectivity index (χ0) is 13.9. The van der Waals surface area contributed by atoms with E-state index in [0.29, 0.717) is 5.91 Å². The summed E-state index contributed by atoms with van der Waals surface area (Å²) in [5.74, 6) is 0.524. The summed E-state index contributed by atoms with van der Waals surface area (Å²) in [6, 6.07) is 8.65. The van der Waals surface area contributed by atoms with Crippen molar-refractivity contribution in [2.75, 3.05) is 19.6 Å². The summed E-state index contributed by atoms with van der Waals surface area (Å²) in [5.41, 5.74) is 1.26. The molecule has 0 aromatic heterocycles. The minimum absolute atomic E-state index is 0. The van der Waals surface area contributed by atoms with E-state index in [1.165, 1.54) is 5.56 Å². The van der Waals surface area contributed by atoms with E-state index >= 15 is 0 Å². The van der Waals surface area contributed by atoms with Crippen LogP contribution < -0.4 is 5.32 Å². The molecule has 116 valence electrons. The van der Waals surface area contributed by atoms with Crippen molar-refractivity contribution in [2.45, 2.75) is 31.7 Å². The third-order valence-electron chi connectivity index (χ3n) is 4.42. The van der Waals surface area contributed by atoms with Gasteiger partial charge in [0.15, 0.2) is 0 Å². The normalized spacial score (nSPS) is 25.5. The Balaban J connectivity index is 0.00000161. The van der Waals surface area contributed by atoms with Crippen molar-refractivity contribution in [3.63, 3.8) is 0 Å². The molecule has 2 aliphatic heterocycles. The lowest BCUT2D eigenvalue weighted by Crippen LogP contribution is -2.42. The number of carbonyl (C=O) groups excluding carboxylic acids is 1. The maximum Gasteiger partial charge on any atom is 0.227 e. The van der Waals surface area contributed by atoms with Crippen molar-refractivity contribution in [1.29, 1.82) is 0 Å². The van der Waals surface area contributed by atoms with Gasteiger partial charge in [0.25, 0.3) is 0 Å². The lowest BCUT2D eigenvalue weighted by Gasteiger charge is -2.31. The number of nitrogens with one attached hydrogen (secondary N) is 1. The second-order valence-corrected chi connectivity index (χ2v) is 6.70. The van der Waals surface area contributed by atoms with Crippen LogP contribution in [0.25, 0.3) is 0 Å². The predicted molar refractivity (Wildman–Crippen MR) is 90.7 cm³/mol. The summed E-state index contributed by atoms with van der Waals surface area (Å²) in [7, 11) is 0. The molecule has 2 heterocycles. The quantitative estimate of drug-likeness (QED) is 0.860. The van der Waals surface area contributed by atoms with Crippen LogP contribution in [0.1, 0.15) is 37.3 Å². The molecule has 0 bridgehead atoms. The van der Waals surface area contributed by atoms with E-state index in [4.69, 9.17) is 0 Å². The highest BCUT2D eigenvalue weighted by molar-refractivity contribution is 9.10. The summed E-state index contributed by atoms with van der Waals surface area (Å²) < 4.78 is 1.09. The molecule has 2 fully saturated rings. The van der Waals surface area contributed by atoms with Crippen molar-refractivity contribution in [3.05, 3.63) is 34.3 Å². The molecule has 2 atom stereocenters. The molecule has 1 amide bonds. The first-order valence-electron chi connectivity index (χ1n) is 7.52. The molecule has 3 nitrogen and oxygen atoms in total. The average Bonchev–Trinajstić information content (AvgIpc) is 2.97. The van der Waals surface area contributed by atoms with Crippen LogP contribution in [0.15, 0.2) is 28.7 Å². The Morgan fingerprint density at radius 2 is 2.14 bits per heavy atom. The third kappa shape index (κ3) is 3.79. The zero-order valence-electron chi connectivity index (χ0n) is 12.1. The van der Waals surface area contributed by atoms with Gasteiger partial charge in [0.2, 0.25) is 5.91 Å². The number of nitrogens with zero attached hydrogens (tertiary/aromatic N) is 1. The number of hydrogen-bond acceptors (Lipinski definition) is 2. The maximum atomic E-state index is 12.7. The second-order valence-electron chi connectivity index (χ2n) is 5.79. The Kier molecular flexibility index (Phi) is 6.08. The van der Waals surface area contributed by atoms with Gasteiger partial charge in [-0.25, -0.2) is 0 Å². The van der Waals surface area contributed by atoms with Gasteiger partial charge < -0.3 is 10.2 Å². The summed E-state index contributed by atoms with van der Waals surface area (Å²) in [5, 5.41) is 3.35. The van der Waals surface area contributed by atoms with E-state index < -0.39 is 0 Å². The van der Waals surface area contributed by atoms with Crippen LogP contribution in [0, 0.1) is 5.92 Å². The molecular formula is C16H22BrClN2O. The van der Waals surface area contributed by atoms with Crippen LogP contribution in [0.4, 0.5) is 0 Å². The first kappa shape index (κ1) is 16.8. The molecule has 1 aromatic rings. The largest absolute Gasteiger partial charge is 0.335 e. The number of rotatable bonds is 2. The first-order valence-corrected chi connectivity index (χ1v) is 8.31. The van der Waals surface area contributed by atoms with Crippen LogP contribution in [0.2, 0.25) is 0 Å². The van der Waals surface area contributed by atoms with Crippen molar-refractivity contribution in [1.82, 2.24) is 10.2 Å². The molecule has 0 radical (unpaired) electrons. The number of amides is 1. The smallest absolute Gasteiger partial charge is 0.227 e. The standard InChI is InChI=1S/C16H21BrN2O.ClH/c17-14-6-1-4-12(10-14)15-7-3-9-19(15)16(20)13-5-2-8-18-11-13;/h1,4,6,10,13,15,18H,2-3,5,7-9,11H2;1H/t13-,15?;/m1./s1. The molecule has 5 heteroatoms. The topological polar surface area (TPSA) is 32.3 Å². The SMILES string of the molecule is Cl.O=C([C@@H]1CCCNC1)N1CCCC1c1cccc(Br)c1. The highest BCUT2D eigenvalue weighted by Crippen LogP contribution is 2.34. The van der Waals surface area contributed by atoms with Gasteiger partial charge in [-0.15, -0.1) is 12.4 Å². The number of hydrogen-bond donors (Lipinski definition) is 1. The number of carbonyl (C=O) groups is 1. The molecule has 0 spiro atoms. The zero-order valence-corrected chi connectivity index (χ0v) is 14.5. The minimum atomic E-state index is 0. The van der Waals surface area contributed by atoms with Crippen LogP contribution in [-0.4, -0.2) is 30.4 Å². The van der Waals surface area contributed by atoms with Gasteiger partial charge >= 0.3 is 0 Å². The molecule has 0 aliphatic carbocycles. The third-order valence-corrected chi connectivity index (χ3v) is 4.91. The highest BCUT2D eigenvalue weighted by Gasteiger charge is 2.34. The van der Waals surface area contributed by atoms with Gasteiger partial charge in [-0.1, -0.05) is 28.1 Å². The molecule has 2 saturated heterocycles. The highest BCUT2D eigenvalue weighted by atomic mass is 79.9. The van der Waals surface area contributed by atoms with Gasteiger partial charge in [-0.2, -0.15) is 0 Å². The van der Waals surface area contributed by atoms with E-state index in [1.54, 1.807) is 0 Å². The van der Waals surface area contributed by atoms with Crippen LogP contribution >= 0.6 is 28.3 Å². The maximum absolute atomic E-state index is 12.7. The van der Waals surface area contributed by atoms with Crippen LogP contribution in [0.3, 0.4) is 0 Å². The Hall–Kier alpha value is -0.580. The number of piperidine rings is 1. The van der Waals surface area contributed by atoms with E-state index in [1.807, 2.05) is 6.07 Å². The van der Waals surface area contributed by atoms with Crippen molar-refractivity contribution < 1.29 is 4.79 Å². The van der Waals surface area contributed by atoms with Gasteiger partial charge in [0.1, 0.15) is 0 Å². The fourth-order valence-corrected chi connectivity index (χ4v) is 3.80. The molecule has 2 aliphatic rings. The second kappa shape index (κ2) is 7.61. The summed E-state index contributed by atoms with van der Waals surface area (Å²) >= 11 is 3.53. The number of halogens is 2. The van der Waals surface area contributed by atoms with Gasteiger partial charge in [-0.05, 0) is 49.9 Å². The molecule has 21 heavy (non-hydrogen) atoms. The van der Waals surface area contributed by atoms with E-state index in [9.17, 15) is 4.79 Å². The Morgan fingerprint density at radius 3 is 2.86 bits per heavy atom. The molecule has 1 unspecified atom stereocenters. The first-order chi connectivity index (χ1) is 9.75. The van der Waals surface area contributed by atoms with Crippen LogP contribution in [0.5, 0.6) is 0 Å². The summed E-state index contributed by atoms with van der Waals surface area (Å²) in [6.07, 6.45) is 4.35. The fraction of sp³-hybridized carbons (Fsp3) is 0.562. The lowest BCUT2D eigenvalue weighted by molar-refractivity contribution is -0.137.